The van der Waals surface area contributed by atoms with E-state index in [0.717, 1.165) is 22.5 Å². The highest BCUT2D eigenvalue weighted by Gasteiger charge is 2.23. The van der Waals surface area contributed by atoms with Crippen molar-refractivity contribution >= 4 is 31.9 Å². The Hall–Kier alpha value is -0.990. The second kappa shape index (κ2) is 5.77. The lowest BCUT2D eigenvalue weighted by Gasteiger charge is -2.16. The molecule has 0 saturated carbocycles. The minimum absolute atomic E-state index is 0.0527. The molecule has 18 heavy (non-hydrogen) atoms. The third-order valence-electron chi connectivity index (χ3n) is 2.24. The number of nitrogens with one attached hydrogen (secondary N) is 1. The topological polar surface area (TPSA) is 66.5 Å². The summed E-state index contributed by atoms with van der Waals surface area (Å²) in [4.78, 5) is 11.1. The van der Waals surface area contributed by atoms with Gasteiger partial charge in [0.1, 0.15) is 5.82 Å². The maximum atomic E-state index is 13.0. The van der Waals surface area contributed by atoms with Crippen molar-refractivity contribution < 1.29 is 17.6 Å². The summed E-state index contributed by atoms with van der Waals surface area (Å²) in [6.45, 7) is -0.298. The molecule has 0 radical (unpaired) electrons. The first-order valence-corrected chi connectivity index (χ1v) is 7.14. The lowest BCUT2D eigenvalue weighted by Crippen LogP contribution is -2.36. The van der Waals surface area contributed by atoms with Crippen molar-refractivity contribution in [2.45, 2.75) is 4.90 Å². The van der Waals surface area contributed by atoms with Gasteiger partial charge in [0, 0.05) is 14.1 Å². The third-order valence-corrected chi connectivity index (χ3v) is 4.65. The number of carbonyl (C=O) groups is 1. The number of hydrogen-bond acceptors (Lipinski definition) is 3. The molecule has 1 amide bonds. The van der Waals surface area contributed by atoms with Gasteiger partial charge in [-0.25, -0.2) is 12.8 Å². The molecule has 0 bridgehead atoms. The van der Waals surface area contributed by atoms with Crippen LogP contribution in [0.25, 0.3) is 0 Å². The predicted octanol–water partition coefficient (Wildman–Crippen LogP) is 0.955. The Morgan fingerprint density at radius 2 is 2.11 bits per heavy atom. The van der Waals surface area contributed by atoms with Crippen molar-refractivity contribution in [1.82, 2.24) is 9.62 Å². The smallest absolute Gasteiger partial charge is 0.243 e. The van der Waals surface area contributed by atoms with Gasteiger partial charge in [-0.3, -0.25) is 4.79 Å². The molecule has 1 aromatic rings. The zero-order valence-electron chi connectivity index (χ0n) is 9.78. The minimum atomic E-state index is -3.81. The van der Waals surface area contributed by atoms with Crippen molar-refractivity contribution in [3.63, 3.8) is 0 Å². The molecule has 8 heteroatoms. The Balaban J connectivity index is 3.05. The summed E-state index contributed by atoms with van der Waals surface area (Å²) in [7, 11) is -1.11. The summed E-state index contributed by atoms with van der Waals surface area (Å²) in [6.07, 6.45) is 0. The van der Waals surface area contributed by atoms with Crippen LogP contribution in [0.5, 0.6) is 0 Å². The molecule has 100 valence electrons. The lowest BCUT2D eigenvalue weighted by atomic mass is 10.3. The van der Waals surface area contributed by atoms with E-state index in [1.165, 1.54) is 14.1 Å². The number of hydrogen-bond donors (Lipinski definition) is 1. The Bertz CT molecular complexity index is 562. The summed E-state index contributed by atoms with van der Waals surface area (Å²) in [5, 5.41) is 2.33. The summed E-state index contributed by atoms with van der Waals surface area (Å²) >= 11 is 2.91. The normalized spacial score (nSPS) is 11.6. The third kappa shape index (κ3) is 3.27. The second-order valence-electron chi connectivity index (χ2n) is 3.51. The van der Waals surface area contributed by atoms with Crippen molar-refractivity contribution in [1.29, 1.82) is 0 Å². The van der Waals surface area contributed by atoms with E-state index in [2.05, 4.69) is 21.2 Å². The van der Waals surface area contributed by atoms with Gasteiger partial charge in [-0.15, -0.1) is 0 Å². The Morgan fingerprint density at radius 1 is 1.50 bits per heavy atom. The van der Waals surface area contributed by atoms with Gasteiger partial charge in [0.15, 0.2) is 0 Å². The fourth-order valence-corrected chi connectivity index (χ4v) is 2.87. The molecule has 0 aliphatic carbocycles. The first-order valence-electron chi connectivity index (χ1n) is 4.91. The molecule has 0 aliphatic rings. The van der Waals surface area contributed by atoms with Crippen LogP contribution in [0.4, 0.5) is 4.39 Å². The predicted molar refractivity (Wildman–Crippen MR) is 68.0 cm³/mol. The molecule has 0 aliphatic heterocycles. The number of halogens is 2. The van der Waals surface area contributed by atoms with Gasteiger partial charge in [-0.1, -0.05) is 0 Å². The van der Waals surface area contributed by atoms with E-state index in [-0.39, 0.29) is 15.9 Å². The molecular weight excluding hydrogens is 327 g/mol. The highest BCUT2D eigenvalue weighted by atomic mass is 79.9. The molecule has 0 heterocycles. The molecule has 1 rings (SSSR count). The van der Waals surface area contributed by atoms with Crippen molar-refractivity contribution in [3.05, 3.63) is 28.5 Å². The van der Waals surface area contributed by atoms with E-state index < -0.39 is 21.7 Å². The first kappa shape index (κ1) is 15.1. The monoisotopic (exact) mass is 338 g/mol. The van der Waals surface area contributed by atoms with Crippen molar-refractivity contribution in [2.24, 2.45) is 0 Å². The van der Waals surface area contributed by atoms with Crippen molar-refractivity contribution in [2.75, 3.05) is 20.6 Å². The first-order chi connectivity index (χ1) is 8.28. The standard InChI is InChI=1S/C10H12BrFN2O3S/c1-13-10(15)6-14(2)18(16,17)7-3-4-9(12)8(11)5-7/h3-5H,6H2,1-2H3,(H,13,15). The van der Waals surface area contributed by atoms with Crippen LogP contribution in [-0.4, -0.2) is 39.3 Å². The van der Waals surface area contributed by atoms with E-state index in [1.54, 1.807) is 0 Å². The number of nitrogens with zero attached hydrogens (tertiary/aromatic N) is 1. The second-order valence-corrected chi connectivity index (χ2v) is 6.41. The Kier molecular flexibility index (Phi) is 4.83. The molecule has 0 unspecified atom stereocenters. The summed E-state index contributed by atoms with van der Waals surface area (Å²) in [5.41, 5.74) is 0. The van der Waals surface area contributed by atoms with Gasteiger partial charge in [-0.2, -0.15) is 4.31 Å². The van der Waals surface area contributed by atoms with Crippen LogP contribution < -0.4 is 5.32 Å². The Morgan fingerprint density at radius 3 is 2.61 bits per heavy atom. The van der Waals surface area contributed by atoms with Crippen LogP contribution >= 0.6 is 15.9 Å². The average molecular weight is 339 g/mol. The molecule has 1 aromatic carbocycles. The van der Waals surface area contributed by atoms with Crippen molar-refractivity contribution in [3.8, 4) is 0 Å². The zero-order valence-corrected chi connectivity index (χ0v) is 12.2. The van der Waals surface area contributed by atoms with Gasteiger partial charge in [0.25, 0.3) is 0 Å². The van der Waals surface area contributed by atoms with E-state index in [4.69, 9.17) is 0 Å². The van der Waals surface area contributed by atoms with E-state index >= 15 is 0 Å². The molecule has 1 N–H and O–H groups in total. The average Bonchev–Trinajstić information content (AvgIpc) is 2.32. The van der Waals surface area contributed by atoms with E-state index in [0.29, 0.717) is 0 Å². The summed E-state index contributed by atoms with van der Waals surface area (Å²) in [5.74, 6) is -0.981. The number of benzene rings is 1. The van der Waals surface area contributed by atoms with Gasteiger partial charge in [-0.05, 0) is 34.1 Å². The maximum Gasteiger partial charge on any atom is 0.243 e. The molecule has 0 spiro atoms. The van der Waals surface area contributed by atoms with Gasteiger partial charge < -0.3 is 5.32 Å². The quantitative estimate of drug-likeness (QED) is 0.888. The van der Waals surface area contributed by atoms with E-state index in [1.807, 2.05) is 0 Å². The summed E-state index contributed by atoms with van der Waals surface area (Å²) in [6, 6.07) is 3.35. The molecule has 0 atom stereocenters. The van der Waals surface area contributed by atoms with Crippen LogP contribution in [0.2, 0.25) is 0 Å². The molecule has 0 saturated heterocycles. The largest absolute Gasteiger partial charge is 0.358 e. The summed E-state index contributed by atoms with van der Waals surface area (Å²) < 4.78 is 38.1. The number of rotatable bonds is 4. The number of amides is 1. The fourth-order valence-electron chi connectivity index (χ4n) is 1.18. The van der Waals surface area contributed by atoms with Gasteiger partial charge in [0.05, 0.1) is 15.9 Å². The number of likely N-dealkylation sites (N-methyl/N-ethyl adjacent to an activating group) is 2. The molecule has 5 nitrogen and oxygen atoms in total. The zero-order chi connectivity index (χ0) is 13.9. The maximum absolute atomic E-state index is 13.0. The molecule has 0 fully saturated rings. The fraction of sp³-hybridized carbons (Fsp3) is 0.300. The Labute approximate surface area is 113 Å². The minimum Gasteiger partial charge on any atom is -0.358 e. The number of sulfonamides is 1. The van der Waals surface area contributed by atoms with E-state index in [9.17, 15) is 17.6 Å². The molecular formula is C10H12BrFN2O3S. The van der Waals surface area contributed by atoms with Crippen LogP contribution in [0, 0.1) is 5.82 Å². The van der Waals surface area contributed by atoms with Crippen LogP contribution in [-0.2, 0) is 14.8 Å². The van der Waals surface area contributed by atoms with Crippen LogP contribution in [0.1, 0.15) is 0 Å². The SMILES string of the molecule is CNC(=O)CN(C)S(=O)(=O)c1ccc(F)c(Br)c1. The highest BCUT2D eigenvalue weighted by molar-refractivity contribution is 9.10. The van der Waals surface area contributed by atoms with Crippen LogP contribution in [0.15, 0.2) is 27.6 Å². The van der Waals surface area contributed by atoms with Crippen LogP contribution in [0.3, 0.4) is 0 Å². The highest BCUT2D eigenvalue weighted by Crippen LogP contribution is 2.21. The van der Waals surface area contributed by atoms with Gasteiger partial charge >= 0.3 is 0 Å². The van der Waals surface area contributed by atoms with Gasteiger partial charge in [0.2, 0.25) is 15.9 Å². The number of carbonyl (C=O) groups excluding carboxylic acids is 1. The lowest BCUT2D eigenvalue weighted by molar-refractivity contribution is -0.120. The molecule has 0 aromatic heterocycles.